The fourth-order valence-electron chi connectivity index (χ4n) is 1.76. The quantitative estimate of drug-likeness (QED) is 0.615. The Labute approximate surface area is 84.2 Å². The van der Waals surface area contributed by atoms with Gasteiger partial charge in [-0.3, -0.25) is 0 Å². The van der Waals surface area contributed by atoms with Crippen LogP contribution in [0.1, 0.15) is 5.56 Å². The summed E-state index contributed by atoms with van der Waals surface area (Å²) in [4.78, 5) is 4.41. The van der Waals surface area contributed by atoms with E-state index >= 15 is 0 Å². The lowest BCUT2D eigenvalue weighted by Crippen LogP contribution is -2.36. The van der Waals surface area contributed by atoms with Crippen molar-refractivity contribution in [3.63, 3.8) is 0 Å². The first kappa shape index (κ1) is 8.89. The van der Waals surface area contributed by atoms with Crippen molar-refractivity contribution in [2.75, 3.05) is 37.0 Å². The van der Waals surface area contributed by atoms with Gasteiger partial charge in [0, 0.05) is 27.2 Å². The van der Waals surface area contributed by atoms with Crippen LogP contribution in [-0.4, -0.2) is 27.2 Å². The highest BCUT2D eigenvalue weighted by molar-refractivity contribution is 5.74. The predicted molar refractivity (Wildman–Crippen MR) is 57.7 cm³/mol. The van der Waals surface area contributed by atoms with Crippen molar-refractivity contribution in [2.45, 2.75) is 0 Å². The summed E-state index contributed by atoms with van der Waals surface area (Å²) in [6, 6.07) is 8.00. The third kappa shape index (κ3) is 1.29. The fraction of sp³-hybridized carbons (Fsp3) is 0.364. The minimum Gasteiger partial charge on any atom is -0.371 e. The van der Waals surface area contributed by atoms with E-state index in [0.717, 1.165) is 24.3 Å². The van der Waals surface area contributed by atoms with Gasteiger partial charge in [0.1, 0.15) is 0 Å². The van der Waals surface area contributed by atoms with Gasteiger partial charge in [-0.2, -0.15) is 5.26 Å². The molecule has 0 spiro atoms. The molecular formula is C11H13N3. The Hall–Kier alpha value is -1.69. The van der Waals surface area contributed by atoms with Crippen LogP contribution in [0.3, 0.4) is 0 Å². The molecule has 1 aliphatic rings. The van der Waals surface area contributed by atoms with Gasteiger partial charge in [0.15, 0.2) is 0 Å². The van der Waals surface area contributed by atoms with E-state index in [9.17, 15) is 0 Å². The lowest BCUT2D eigenvalue weighted by atomic mass is 10.1. The van der Waals surface area contributed by atoms with E-state index in [2.05, 4.69) is 30.0 Å². The number of fused-ring (bicyclic) bond motifs is 1. The Morgan fingerprint density at radius 2 is 1.79 bits per heavy atom. The number of likely N-dealkylation sites (N-methyl/N-ethyl adjacent to an activating group) is 2. The lowest BCUT2D eigenvalue weighted by Gasteiger charge is -2.34. The predicted octanol–water partition coefficient (Wildman–Crippen LogP) is 1.44. The van der Waals surface area contributed by atoms with E-state index in [-0.39, 0.29) is 0 Å². The van der Waals surface area contributed by atoms with Crippen molar-refractivity contribution in [3.05, 3.63) is 23.8 Å². The lowest BCUT2D eigenvalue weighted by molar-refractivity contribution is 0.797. The molecule has 0 fully saturated rings. The SMILES string of the molecule is CN1CCN(C)c2cc(C#N)ccc21. The van der Waals surface area contributed by atoms with Crippen molar-refractivity contribution >= 4 is 11.4 Å². The number of rotatable bonds is 0. The first-order valence-electron chi connectivity index (χ1n) is 4.69. The van der Waals surface area contributed by atoms with Crippen molar-refractivity contribution in [1.29, 1.82) is 5.26 Å². The van der Waals surface area contributed by atoms with Crippen LogP contribution in [0, 0.1) is 11.3 Å². The monoisotopic (exact) mass is 187 g/mol. The third-order valence-corrected chi connectivity index (χ3v) is 2.70. The zero-order valence-electron chi connectivity index (χ0n) is 8.49. The van der Waals surface area contributed by atoms with Crippen LogP contribution in [0.25, 0.3) is 0 Å². The molecule has 0 amide bonds. The Bertz CT molecular complexity index is 392. The molecule has 0 radical (unpaired) electrons. The fourth-order valence-corrected chi connectivity index (χ4v) is 1.76. The molecule has 2 rings (SSSR count). The van der Waals surface area contributed by atoms with E-state index in [0.29, 0.717) is 0 Å². The minimum atomic E-state index is 0.728. The van der Waals surface area contributed by atoms with Gasteiger partial charge in [-0.15, -0.1) is 0 Å². The molecule has 3 heteroatoms. The molecule has 0 aliphatic carbocycles. The molecule has 0 N–H and O–H groups in total. The summed E-state index contributed by atoms with van der Waals surface area (Å²) >= 11 is 0. The molecule has 0 saturated heterocycles. The molecule has 0 aromatic heterocycles. The Kier molecular flexibility index (Phi) is 2.05. The summed E-state index contributed by atoms with van der Waals surface area (Å²) in [5, 5.41) is 8.81. The second-order valence-corrected chi connectivity index (χ2v) is 3.66. The van der Waals surface area contributed by atoms with Crippen LogP contribution in [-0.2, 0) is 0 Å². The van der Waals surface area contributed by atoms with E-state index in [1.165, 1.54) is 5.69 Å². The van der Waals surface area contributed by atoms with Gasteiger partial charge in [-0.05, 0) is 18.2 Å². The maximum Gasteiger partial charge on any atom is 0.0992 e. The van der Waals surface area contributed by atoms with Gasteiger partial charge < -0.3 is 9.80 Å². The van der Waals surface area contributed by atoms with Crippen LogP contribution in [0.4, 0.5) is 11.4 Å². The van der Waals surface area contributed by atoms with Crippen LogP contribution >= 0.6 is 0 Å². The molecule has 72 valence electrons. The summed E-state index contributed by atoms with van der Waals surface area (Å²) in [7, 11) is 4.14. The number of hydrogen-bond donors (Lipinski definition) is 0. The van der Waals surface area contributed by atoms with Gasteiger partial charge in [0.2, 0.25) is 0 Å². The van der Waals surface area contributed by atoms with Gasteiger partial charge >= 0.3 is 0 Å². The molecular weight excluding hydrogens is 174 g/mol. The molecule has 0 unspecified atom stereocenters. The highest BCUT2D eigenvalue weighted by atomic mass is 15.2. The Morgan fingerprint density at radius 1 is 1.14 bits per heavy atom. The number of benzene rings is 1. The topological polar surface area (TPSA) is 30.3 Å². The number of anilines is 2. The van der Waals surface area contributed by atoms with E-state index in [1.807, 2.05) is 18.2 Å². The maximum absolute atomic E-state index is 8.81. The molecule has 14 heavy (non-hydrogen) atoms. The molecule has 1 heterocycles. The van der Waals surface area contributed by atoms with Gasteiger partial charge in [0.05, 0.1) is 23.0 Å². The average molecular weight is 187 g/mol. The normalized spacial score (nSPS) is 14.9. The van der Waals surface area contributed by atoms with Crippen molar-refractivity contribution < 1.29 is 0 Å². The average Bonchev–Trinajstić information content (AvgIpc) is 2.23. The first-order chi connectivity index (χ1) is 6.72. The number of hydrogen-bond acceptors (Lipinski definition) is 3. The van der Waals surface area contributed by atoms with Crippen LogP contribution < -0.4 is 9.80 Å². The molecule has 0 bridgehead atoms. The zero-order valence-corrected chi connectivity index (χ0v) is 8.49. The summed E-state index contributed by atoms with van der Waals surface area (Å²) < 4.78 is 0. The largest absolute Gasteiger partial charge is 0.371 e. The highest BCUT2D eigenvalue weighted by Gasteiger charge is 2.17. The van der Waals surface area contributed by atoms with Crippen molar-refractivity contribution in [3.8, 4) is 6.07 Å². The second kappa shape index (κ2) is 3.22. The zero-order chi connectivity index (χ0) is 10.1. The molecule has 1 aromatic rings. The van der Waals surface area contributed by atoms with Gasteiger partial charge in [-0.1, -0.05) is 0 Å². The minimum absolute atomic E-state index is 0.728. The highest BCUT2D eigenvalue weighted by Crippen LogP contribution is 2.31. The van der Waals surface area contributed by atoms with Gasteiger partial charge in [-0.25, -0.2) is 0 Å². The van der Waals surface area contributed by atoms with Crippen molar-refractivity contribution in [2.24, 2.45) is 0 Å². The summed E-state index contributed by atoms with van der Waals surface area (Å²) in [5.74, 6) is 0. The number of nitrogens with zero attached hydrogens (tertiary/aromatic N) is 3. The van der Waals surface area contributed by atoms with E-state index < -0.39 is 0 Å². The molecule has 1 aliphatic heterocycles. The second-order valence-electron chi connectivity index (χ2n) is 3.66. The summed E-state index contributed by atoms with van der Waals surface area (Å²) in [6.45, 7) is 2.05. The van der Waals surface area contributed by atoms with E-state index in [4.69, 9.17) is 5.26 Å². The maximum atomic E-state index is 8.81. The van der Waals surface area contributed by atoms with Crippen molar-refractivity contribution in [1.82, 2.24) is 0 Å². The summed E-state index contributed by atoms with van der Waals surface area (Å²) in [5.41, 5.74) is 3.08. The Balaban J connectivity index is 2.52. The molecule has 0 saturated carbocycles. The number of nitriles is 1. The van der Waals surface area contributed by atoms with Crippen LogP contribution in [0.5, 0.6) is 0 Å². The third-order valence-electron chi connectivity index (χ3n) is 2.70. The van der Waals surface area contributed by atoms with Gasteiger partial charge in [0.25, 0.3) is 0 Å². The van der Waals surface area contributed by atoms with Crippen LogP contribution in [0.2, 0.25) is 0 Å². The first-order valence-corrected chi connectivity index (χ1v) is 4.69. The molecule has 0 atom stereocenters. The molecule has 3 nitrogen and oxygen atoms in total. The van der Waals surface area contributed by atoms with Crippen LogP contribution in [0.15, 0.2) is 18.2 Å². The molecule has 1 aromatic carbocycles. The standard InChI is InChI=1S/C11H13N3/c1-13-5-6-14(2)11-7-9(8-12)3-4-10(11)13/h3-4,7H,5-6H2,1-2H3. The van der Waals surface area contributed by atoms with E-state index in [1.54, 1.807) is 0 Å². The smallest absolute Gasteiger partial charge is 0.0992 e. The Morgan fingerprint density at radius 3 is 2.43 bits per heavy atom. The summed E-state index contributed by atoms with van der Waals surface area (Å²) in [6.07, 6.45) is 0.